The Labute approximate surface area is 277 Å². The summed E-state index contributed by atoms with van der Waals surface area (Å²) in [4.78, 5) is 0. The number of ether oxygens (including phenoxy) is 1. The van der Waals surface area contributed by atoms with E-state index in [9.17, 15) is 11.0 Å². The molecule has 7 aromatic carbocycles. The molecule has 0 amide bonds. The van der Waals surface area contributed by atoms with Gasteiger partial charge in [0.05, 0.1) is 31.5 Å². The lowest BCUT2D eigenvalue weighted by molar-refractivity contribution is 0.434. The van der Waals surface area contributed by atoms with E-state index < -0.39 is 71.9 Å². The summed E-state index contributed by atoms with van der Waals surface area (Å²) in [7, 11) is 0. The topological polar surface area (TPSA) is 14.2 Å². The molecule has 0 fully saturated rings. The van der Waals surface area contributed by atoms with Crippen molar-refractivity contribution in [3.8, 4) is 28.3 Å². The van der Waals surface area contributed by atoms with E-state index in [2.05, 4.69) is 0 Å². The third kappa shape index (κ3) is 3.82. The number of rotatable bonds is 4. The van der Waals surface area contributed by atoms with Crippen LogP contribution in [0.2, 0.25) is 0 Å². The third-order valence-electron chi connectivity index (χ3n) is 8.46. The Kier molecular flexibility index (Phi) is 3.78. The second-order valence-electron chi connectivity index (χ2n) is 10.8. The number of para-hydroxylation sites is 3. The van der Waals surface area contributed by atoms with Gasteiger partial charge < -0.3 is 9.30 Å². The van der Waals surface area contributed by atoms with Crippen LogP contribution in [0.25, 0.3) is 38.6 Å². The first-order valence-corrected chi connectivity index (χ1v) is 14.6. The lowest BCUT2D eigenvalue weighted by Crippen LogP contribution is -2.34. The number of hydrogen-bond acceptors (Lipinski definition) is 1. The molecule has 0 saturated carbocycles. The lowest BCUT2D eigenvalue weighted by atomic mass is 9.63. The molecule has 1 aromatic heterocycles. The summed E-state index contributed by atoms with van der Waals surface area (Å²) in [5, 5.41) is 1.71. The molecule has 0 saturated heterocycles. The van der Waals surface area contributed by atoms with Crippen molar-refractivity contribution >= 4 is 21.8 Å². The highest BCUT2D eigenvalue weighted by molar-refractivity contribution is 6.09. The maximum Gasteiger partial charge on any atom is 0.132 e. The normalized spacial score (nSPS) is 16.7. The molecule has 2 heteroatoms. The largest absolute Gasteiger partial charge is 0.457 e. The molecule has 0 unspecified atom stereocenters. The van der Waals surface area contributed by atoms with Crippen molar-refractivity contribution in [3.63, 3.8) is 0 Å². The predicted molar refractivity (Wildman–Crippen MR) is 185 cm³/mol. The zero-order valence-corrected chi connectivity index (χ0v) is 23.7. The lowest BCUT2D eigenvalue weighted by Gasteiger charge is -2.41. The Morgan fingerprint density at radius 1 is 0.489 bits per heavy atom. The van der Waals surface area contributed by atoms with Crippen molar-refractivity contribution in [3.05, 3.63) is 198 Å². The molecule has 9 rings (SSSR count). The molecule has 2 nitrogen and oxygen atoms in total. The fourth-order valence-electron chi connectivity index (χ4n) is 6.56. The summed E-state index contributed by atoms with van der Waals surface area (Å²) in [6.45, 7) is 0. The smallest absolute Gasteiger partial charge is 0.132 e. The molecule has 1 aliphatic rings. The van der Waals surface area contributed by atoms with Gasteiger partial charge in [-0.2, -0.15) is 0 Å². The van der Waals surface area contributed by atoms with Gasteiger partial charge in [-0.25, -0.2) is 0 Å². The second-order valence-corrected chi connectivity index (χ2v) is 10.8. The fraction of sp³-hybridized carbons (Fsp3) is 0.0233. The van der Waals surface area contributed by atoms with Gasteiger partial charge in [-0.3, -0.25) is 0 Å². The van der Waals surface area contributed by atoms with Gasteiger partial charge in [-0.1, -0.05) is 133 Å². The summed E-state index contributed by atoms with van der Waals surface area (Å²) >= 11 is 0. The first kappa shape index (κ1) is 16.8. The third-order valence-corrected chi connectivity index (χ3v) is 8.46. The van der Waals surface area contributed by atoms with Crippen molar-refractivity contribution in [2.24, 2.45) is 0 Å². The fourth-order valence-corrected chi connectivity index (χ4v) is 6.56. The van der Waals surface area contributed by atoms with Gasteiger partial charge in [0.2, 0.25) is 0 Å². The minimum absolute atomic E-state index is 0.00810. The minimum atomic E-state index is -1.74. The van der Waals surface area contributed by atoms with E-state index in [-0.39, 0.29) is 39.4 Å². The van der Waals surface area contributed by atoms with Crippen molar-refractivity contribution in [1.82, 2.24) is 4.57 Å². The van der Waals surface area contributed by atoms with Gasteiger partial charge in [0.25, 0.3) is 0 Å². The average molecular weight is 587 g/mol. The van der Waals surface area contributed by atoms with Gasteiger partial charge in [0.15, 0.2) is 0 Å². The Balaban J connectivity index is 1.43. The highest BCUT2D eigenvalue weighted by Crippen LogP contribution is 2.55. The maximum absolute atomic E-state index is 9.99. The van der Waals surface area contributed by atoms with E-state index in [0.717, 1.165) is 10.8 Å². The SMILES string of the molecule is [2H]c1c([2H])c([2H])c2c(c1[2H])Oc1c([2H])c([2H])c(-c3c([2H])c([2H])c(-n4c5ccccc5c5ccccc54)c([2H])c3[2H])c([2H])c1C2(c1ccccc1)c1ccccc1. The van der Waals surface area contributed by atoms with Crippen LogP contribution in [0.5, 0.6) is 11.5 Å². The Hall–Kier alpha value is -5.86. The van der Waals surface area contributed by atoms with Gasteiger partial charge >= 0.3 is 0 Å². The zero-order chi connectivity index (χ0) is 39.4. The summed E-state index contributed by atoms with van der Waals surface area (Å²) in [5.41, 5.74) is -0.212. The molecule has 0 N–H and O–H groups in total. The van der Waals surface area contributed by atoms with Crippen molar-refractivity contribution < 1.29 is 19.8 Å². The molecule has 0 spiro atoms. The van der Waals surface area contributed by atoms with Crippen LogP contribution < -0.4 is 4.74 Å². The number of nitrogens with zero attached hydrogens (tertiary/aromatic N) is 1. The quantitative estimate of drug-likeness (QED) is 0.200. The predicted octanol–water partition coefficient (Wildman–Crippen LogP) is 10.9. The van der Waals surface area contributed by atoms with E-state index in [1.54, 1.807) is 65.2 Å². The van der Waals surface area contributed by atoms with Crippen LogP contribution >= 0.6 is 0 Å². The van der Waals surface area contributed by atoms with E-state index in [1.807, 2.05) is 48.5 Å². The monoisotopic (exact) mass is 586 g/mol. The summed E-state index contributed by atoms with van der Waals surface area (Å²) < 4.78 is 110. The van der Waals surface area contributed by atoms with E-state index in [1.165, 1.54) is 0 Å². The van der Waals surface area contributed by atoms with Gasteiger partial charge in [0.1, 0.15) is 11.5 Å². The molecule has 2 heterocycles. The van der Waals surface area contributed by atoms with Crippen LogP contribution in [0.15, 0.2) is 176 Å². The standard InChI is InChI=1S/C43H29NO/c1-3-13-32(14-4-1)43(33-15-5-2-6-16-33)37-19-9-12-22-41(37)45-42-28-25-31(29-38(42)43)30-23-26-34(27-24-30)44-39-20-10-7-17-35(39)36-18-8-11-21-40(36)44/h1-29H/i9D,12D,19D,22D,23D,24D,25D,26D,27D,28D,29D. The molecule has 0 radical (unpaired) electrons. The van der Waals surface area contributed by atoms with Gasteiger partial charge in [0, 0.05) is 27.6 Å². The molecule has 0 aliphatic carbocycles. The van der Waals surface area contributed by atoms with E-state index in [4.69, 9.17) is 8.85 Å². The van der Waals surface area contributed by atoms with Crippen LogP contribution in [0.3, 0.4) is 0 Å². The molecule has 0 bridgehead atoms. The van der Waals surface area contributed by atoms with Crippen molar-refractivity contribution in [2.45, 2.75) is 5.41 Å². The number of benzene rings is 7. The molecular formula is C43H29NO. The Bertz CT molecular complexity index is 2840. The van der Waals surface area contributed by atoms with Crippen molar-refractivity contribution in [2.75, 3.05) is 0 Å². The number of aromatic nitrogens is 1. The molecule has 212 valence electrons. The Morgan fingerprint density at radius 3 is 1.67 bits per heavy atom. The first-order chi connectivity index (χ1) is 26.9. The van der Waals surface area contributed by atoms with E-state index in [0.29, 0.717) is 22.2 Å². The minimum Gasteiger partial charge on any atom is -0.457 e. The highest BCUT2D eigenvalue weighted by Gasteiger charge is 2.45. The van der Waals surface area contributed by atoms with E-state index >= 15 is 0 Å². The second kappa shape index (κ2) is 10.1. The number of hydrogen-bond donors (Lipinski definition) is 0. The summed E-state index contributed by atoms with van der Waals surface area (Å²) in [6, 6.07) is 27.0. The van der Waals surface area contributed by atoms with Crippen molar-refractivity contribution in [1.29, 1.82) is 0 Å². The maximum atomic E-state index is 9.99. The molecular weight excluding hydrogens is 546 g/mol. The van der Waals surface area contributed by atoms with Gasteiger partial charge in [-0.15, -0.1) is 0 Å². The van der Waals surface area contributed by atoms with Crippen LogP contribution in [0, 0.1) is 0 Å². The Morgan fingerprint density at radius 2 is 1.02 bits per heavy atom. The molecule has 0 atom stereocenters. The first-order valence-electron chi connectivity index (χ1n) is 20.1. The zero-order valence-electron chi connectivity index (χ0n) is 34.7. The summed E-state index contributed by atoms with van der Waals surface area (Å²) in [5.74, 6) is -0.540. The van der Waals surface area contributed by atoms with Crippen LogP contribution in [-0.2, 0) is 5.41 Å². The van der Waals surface area contributed by atoms with Crippen LogP contribution in [0.4, 0.5) is 0 Å². The highest BCUT2D eigenvalue weighted by atomic mass is 16.5. The molecule has 45 heavy (non-hydrogen) atoms. The summed E-state index contributed by atoms with van der Waals surface area (Å²) in [6.07, 6.45) is 0. The average Bonchev–Trinajstić information content (AvgIpc) is 3.55. The molecule has 1 aliphatic heterocycles. The molecule has 8 aromatic rings. The van der Waals surface area contributed by atoms with Crippen LogP contribution in [0.1, 0.15) is 37.3 Å². The van der Waals surface area contributed by atoms with Crippen LogP contribution in [-0.4, -0.2) is 4.57 Å². The number of fused-ring (bicyclic) bond motifs is 5. The van der Waals surface area contributed by atoms with Gasteiger partial charge in [-0.05, 0) is 64.6 Å².